The van der Waals surface area contributed by atoms with Crippen molar-refractivity contribution in [2.75, 3.05) is 18.5 Å². The number of ether oxygens (including phenoxy) is 1. The van der Waals surface area contributed by atoms with E-state index < -0.39 is 0 Å². The van der Waals surface area contributed by atoms with E-state index in [0.29, 0.717) is 18.2 Å². The van der Waals surface area contributed by atoms with E-state index in [0.717, 1.165) is 16.6 Å². The minimum atomic E-state index is 0.0215. The molecule has 2 rings (SSSR count). The topological polar surface area (TPSA) is 38.3 Å². The van der Waals surface area contributed by atoms with Crippen LogP contribution in [0.4, 0.5) is 5.69 Å². The number of carbonyl (C=O) groups excluding carboxylic acids is 1. The molecule has 1 aliphatic rings. The van der Waals surface area contributed by atoms with Crippen molar-refractivity contribution < 1.29 is 9.53 Å². The van der Waals surface area contributed by atoms with E-state index in [1.165, 1.54) is 0 Å². The van der Waals surface area contributed by atoms with Crippen LogP contribution < -0.4 is 5.32 Å². The predicted octanol–water partition coefficient (Wildman–Crippen LogP) is 3.71. The summed E-state index contributed by atoms with van der Waals surface area (Å²) in [5, 5.41) is 3.56. The first-order chi connectivity index (χ1) is 8.58. The second kappa shape index (κ2) is 6.04. The lowest BCUT2D eigenvalue weighted by molar-refractivity contribution is -0.125. The lowest BCUT2D eigenvalue weighted by atomic mass is 9.89. The SMILES string of the molecule is CC1COCCC1C(=O)Nc1ccc(Cl)c(Br)c1. The number of benzene rings is 1. The molecule has 5 heteroatoms. The Hall–Kier alpha value is -0.580. The third-order valence-corrected chi connectivity index (χ3v) is 4.38. The molecule has 1 N–H and O–H groups in total. The predicted molar refractivity (Wildman–Crippen MR) is 75.9 cm³/mol. The third-order valence-electron chi connectivity index (χ3n) is 3.16. The fourth-order valence-electron chi connectivity index (χ4n) is 2.08. The van der Waals surface area contributed by atoms with Crippen LogP contribution in [0.1, 0.15) is 13.3 Å². The van der Waals surface area contributed by atoms with Crippen LogP contribution in [0.15, 0.2) is 22.7 Å². The summed E-state index contributed by atoms with van der Waals surface area (Å²) in [6.07, 6.45) is 0.780. The van der Waals surface area contributed by atoms with Gasteiger partial charge in [0.25, 0.3) is 0 Å². The maximum Gasteiger partial charge on any atom is 0.227 e. The summed E-state index contributed by atoms with van der Waals surface area (Å²) in [6.45, 7) is 3.36. The van der Waals surface area contributed by atoms with Gasteiger partial charge >= 0.3 is 0 Å². The molecule has 0 bridgehead atoms. The van der Waals surface area contributed by atoms with Gasteiger partial charge in [0, 0.05) is 29.3 Å². The Morgan fingerprint density at radius 2 is 2.33 bits per heavy atom. The van der Waals surface area contributed by atoms with E-state index in [1.54, 1.807) is 12.1 Å². The Balaban J connectivity index is 2.04. The Labute approximate surface area is 120 Å². The Kier molecular flexibility index (Phi) is 4.65. The molecule has 3 nitrogen and oxygen atoms in total. The van der Waals surface area contributed by atoms with E-state index in [-0.39, 0.29) is 17.7 Å². The van der Waals surface area contributed by atoms with E-state index in [1.807, 2.05) is 13.0 Å². The molecule has 1 fully saturated rings. The van der Waals surface area contributed by atoms with E-state index >= 15 is 0 Å². The van der Waals surface area contributed by atoms with Gasteiger partial charge in [-0.1, -0.05) is 18.5 Å². The highest BCUT2D eigenvalue weighted by Crippen LogP contribution is 2.27. The van der Waals surface area contributed by atoms with Crippen molar-refractivity contribution in [3.8, 4) is 0 Å². The summed E-state index contributed by atoms with van der Waals surface area (Å²) < 4.78 is 6.12. The molecular weight excluding hydrogens is 318 g/mol. The smallest absolute Gasteiger partial charge is 0.227 e. The number of hydrogen-bond donors (Lipinski definition) is 1. The first-order valence-electron chi connectivity index (χ1n) is 5.91. The zero-order chi connectivity index (χ0) is 13.1. The van der Waals surface area contributed by atoms with Gasteiger partial charge in [0.15, 0.2) is 0 Å². The molecule has 1 saturated heterocycles. The van der Waals surface area contributed by atoms with Gasteiger partial charge < -0.3 is 10.1 Å². The molecule has 1 aromatic carbocycles. The van der Waals surface area contributed by atoms with Gasteiger partial charge in [-0.25, -0.2) is 0 Å². The number of amides is 1. The quantitative estimate of drug-likeness (QED) is 0.896. The number of nitrogens with one attached hydrogen (secondary N) is 1. The molecule has 1 aliphatic heterocycles. The van der Waals surface area contributed by atoms with Crippen molar-refractivity contribution in [3.63, 3.8) is 0 Å². The van der Waals surface area contributed by atoms with Gasteiger partial charge in [0.05, 0.1) is 5.02 Å². The largest absolute Gasteiger partial charge is 0.381 e. The Morgan fingerprint density at radius 3 is 3.00 bits per heavy atom. The molecule has 2 unspecified atom stereocenters. The van der Waals surface area contributed by atoms with E-state index in [4.69, 9.17) is 16.3 Å². The number of halogens is 2. The van der Waals surface area contributed by atoms with Crippen LogP contribution in [0.2, 0.25) is 5.02 Å². The molecule has 2 atom stereocenters. The maximum atomic E-state index is 12.2. The van der Waals surface area contributed by atoms with Crippen LogP contribution in [0.25, 0.3) is 0 Å². The highest BCUT2D eigenvalue weighted by Gasteiger charge is 2.28. The average Bonchev–Trinajstić information content (AvgIpc) is 2.34. The van der Waals surface area contributed by atoms with Crippen LogP contribution in [0, 0.1) is 11.8 Å². The van der Waals surface area contributed by atoms with Crippen LogP contribution in [0.5, 0.6) is 0 Å². The number of rotatable bonds is 2. The fourth-order valence-corrected chi connectivity index (χ4v) is 2.57. The van der Waals surface area contributed by atoms with Crippen molar-refractivity contribution >= 4 is 39.1 Å². The number of hydrogen-bond acceptors (Lipinski definition) is 2. The normalized spacial score (nSPS) is 23.7. The summed E-state index contributed by atoms with van der Waals surface area (Å²) in [7, 11) is 0. The van der Waals surface area contributed by atoms with E-state index in [2.05, 4.69) is 21.2 Å². The van der Waals surface area contributed by atoms with E-state index in [9.17, 15) is 4.79 Å². The van der Waals surface area contributed by atoms with Crippen molar-refractivity contribution in [2.45, 2.75) is 13.3 Å². The van der Waals surface area contributed by atoms with Gasteiger partial charge in [0.2, 0.25) is 5.91 Å². The molecule has 0 spiro atoms. The van der Waals surface area contributed by atoms with Crippen molar-refractivity contribution in [3.05, 3.63) is 27.7 Å². The monoisotopic (exact) mass is 331 g/mol. The summed E-state index contributed by atoms with van der Waals surface area (Å²) in [6, 6.07) is 5.37. The van der Waals surface area contributed by atoms with Crippen molar-refractivity contribution in [1.29, 1.82) is 0 Å². The lowest BCUT2D eigenvalue weighted by Crippen LogP contribution is -2.34. The molecule has 1 amide bonds. The molecule has 1 aromatic rings. The Morgan fingerprint density at radius 1 is 1.56 bits per heavy atom. The van der Waals surface area contributed by atoms with Gasteiger partial charge in [0.1, 0.15) is 0 Å². The zero-order valence-corrected chi connectivity index (χ0v) is 12.4. The van der Waals surface area contributed by atoms with Crippen LogP contribution in [0.3, 0.4) is 0 Å². The lowest BCUT2D eigenvalue weighted by Gasteiger charge is -2.27. The molecule has 18 heavy (non-hydrogen) atoms. The van der Waals surface area contributed by atoms with Gasteiger partial charge in [-0.2, -0.15) is 0 Å². The number of carbonyl (C=O) groups is 1. The minimum absolute atomic E-state index is 0.0215. The summed E-state index contributed by atoms with van der Waals surface area (Å²) in [5.41, 5.74) is 0.759. The maximum absolute atomic E-state index is 12.2. The zero-order valence-electron chi connectivity index (χ0n) is 10.1. The second-order valence-electron chi connectivity index (χ2n) is 4.57. The Bertz CT molecular complexity index is 453. The third kappa shape index (κ3) is 3.25. The second-order valence-corrected chi connectivity index (χ2v) is 5.83. The first-order valence-corrected chi connectivity index (χ1v) is 7.08. The average molecular weight is 333 g/mol. The standard InChI is InChI=1S/C13H15BrClNO2/c1-8-7-18-5-4-10(8)13(17)16-9-2-3-12(15)11(14)6-9/h2-3,6,8,10H,4-5,7H2,1H3,(H,16,17). The van der Waals surface area contributed by atoms with Gasteiger partial charge in [-0.3, -0.25) is 4.79 Å². The molecule has 98 valence electrons. The first kappa shape index (κ1) is 13.8. The fraction of sp³-hybridized carbons (Fsp3) is 0.462. The minimum Gasteiger partial charge on any atom is -0.381 e. The summed E-state index contributed by atoms with van der Waals surface area (Å²) >= 11 is 9.25. The van der Waals surface area contributed by atoms with Crippen LogP contribution >= 0.6 is 27.5 Å². The summed E-state index contributed by atoms with van der Waals surface area (Å²) in [4.78, 5) is 12.2. The van der Waals surface area contributed by atoms with Crippen molar-refractivity contribution in [2.24, 2.45) is 11.8 Å². The number of anilines is 1. The molecule has 0 aliphatic carbocycles. The van der Waals surface area contributed by atoms with Crippen LogP contribution in [-0.4, -0.2) is 19.1 Å². The van der Waals surface area contributed by atoms with Crippen LogP contribution in [-0.2, 0) is 9.53 Å². The molecule has 1 heterocycles. The highest BCUT2D eigenvalue weighted by atomic mass is 79.9. The van der Waals surface area contributed by atoms with Gasteiger partial charge in [-0.05, 0) is 46.5 Å². The molecule has 0 aromatic heterocycles. The van der Waals surface area contributed by atoms with Gasteiger partial charge in [-0.15, -0.1) is 0 Å². The molecular formula is C13H15BrClNO2. The molecule has 0 radical (unpaired) electrons. The summed E-state index contributed by atoms with van der Waals surface area (Å²) in [5.74, 6) is 0.336. The molecule has 0 saturated carbocycles. The highest BCUT2D eigenvalue weighted by molar-refractivity contribution is 9.10. The van der Waals surface area contributed by atoms with Crippen molar-refractivity contribution in [1.82, 2.24) is 0 Å².